The number of aryl methyl sites for hydroxylation is 1. The van der Waals surface area contributed by atoms with Crippen LogP contribution in [0.25, 0.3) is 0 Å². The number of carbonyl (C=O) groups excluding carboxylic acids is 1. The Bertz CT molecular complexity index is 893. The minimum atomic E-state index is -1.03. The van der Waals surface area contributed by atoms with Crippen molar-refractivity contribution in [3.63, 3.8) is 0 Å². The van der Waals surface area contributed by atoms with Gasteiger partial charge in [0.1, 0.15) is 5.82 Å². The van der Waals surface area contributed by atoms with E-state index in [1.54, 1.807) is 10.7 Å². The molecule has 0 bridgehead atoms. The zero-order valence-corrected chi connectivity index (χ0v) is 13.5. The fourth-order valence-corrected chi connectivity index (χ4v) is 2.38. The van der Waals surface area contributed by atoms with Gasteiger partial charge in [-0.2, -0.15) is 5.10 Å². The molecular weight excluding hydrogens is 326 g/mol. The standard InChI is InChI=1S/C18H16F2N4O/c1-12-9-17(24(23-12)11-13-5-3-2-4-6-13)22-18(25)21-14-7-8-15(19)16(20)10-14/h2-10H,11H2,1H3,(H2,21,22,25). The van der Waals surface area contributed by atoms with Crippen molar-refractivity contribution in [2.24, 2.45) is 0 Å². The van der Waals surface area contributed by atoms with Gasteiger partial charge in [-0.25, -0.2) is 18.3 Å². The molecule has 0 unspecified atom stereocenters. The first kappa shape index (κ1) is 16.6. The molecule has 7 heteroatoms. The molecule has 3 rings (SSSR count). The molecule has 1 heterocycles. The highest BCUT2D eigenvalue weighted by atomic mass is 19.2. The second kappa shape index (κ2) is 7.12. The quantitative estimate of drug-likeness (QED) is 0.748. The molecule has 2 N–H and O–H groups in total. The highest BCUT2D eigenvalue weighted by Gasteiger charge is 2.11. The van der Waals surface area contributed by atoms with Crippen LogP contribution in [0.4, 0.5) is 25.1 Å². The number of carbonyl (C=O) groups is 1. The second-order valence-electron chi connectivity index (χ2n) is 5.52. The van der Waals surface area contributed by atoms with E-state index in [0.717, 1.165) is 23.4 Å². The van der Waals surface area contributed by atoms with Gasteiger partial charge in [-0.1, -0.05) is 30.3 Å². The van der Waals surface area contributed by atoms with Crippen LogP contribution in [0.5, 0.6) is 0 Å². The van der Waals surface area contributed by atoms with Crippen LogP contribution < -0.4 is 10.6 Å². The molecule has 0 fully saturated rings. The molecule has 128 valence electrons. The Hall–Kier alpha value is -3.22. The van der Waals surface area contributed by atoms with Crippen molar-refractivity contribution < 1.29 is 13.6 Å². The lowest BCUT2D eigenvalue weighted by Gasteiger charge is -2.10. The number of hydrogen-bond acceptors (Lipinski definition) is 2. The number of hydrogen-bond donors (Lipinski definition) is 2. The van der Waals surface area contributed by atoms with E-state index in [4.69, 9.17) is 0 Å². The van der Waals surface area contributed by atoms with Gasteiger partial charge in [-0.3, -0.25) is 5.32 Å². The Morgan fingerprint density at radius 1 is 1.04 bits per heavy atom. The zero-order chi connectivity index (χ0) is 17.8. The summed E-state index contributed by atoms with van der Waals surface area (Å²) in [5.41, 5.74) is 1.94. The van der Waals surface area contributed by atoms with Crippen molar-refractivity contribution >= 4 is 17.5 Å². The number of amides is 2. The van der Waals surface area contributed by atoms with E-state index in [9.17, 15) is 13.6 Å². The topological polar surface area (TPSA) is 59.0 Å². The molecule has 0 aliphatic heterocycles. The molecule has 0 spiro atoms. The maximum Gasteiger partial charge on any atom is 0.324 e. The van der Waals surface area contributed by atoms with Crippen molar-refractivity contribution in [2.45, 2.75) is 13.5 Å². The minimum Gasteiger partial charge on any atom is -0.308 e. The Labute approximate surface area is 143 Å². The zero-order valence-electron chi connectivity index (χ0n) is 13.5. The van der Waals surface area contributed by atoms with Gasteiger partial charge in [-0.05, 0) is 24.6 Å². The third kappa shape index (κ3) is 4.20. The summed E-state index contributed by atoms with van der Waals surface area (Å²) in [5.74, 6) is -1.49. The monoisotopic (exact) mass is 342 g/mol. The summed E-state index contributed by atoms with van der Waals surface area (Å²) in [7, 11) is 0. The molecule has 1 aromatic heterocycles. The number of anilines is 2. The van der Waals surface area contributed by atoms with Crippen molar-refractivity contribution in [3.05, 3.63) is 77.5 Å². The SMILES string of the molecule is Cc1cc(NC(=O)Nc2ccc(F)c(F)c2)n(Cc2ccccc2)n1. The van der Waals surface area contributed by atoms with E-state index in [2.05, 4.69) is 15.7 Å². The maximum atomic E-state index is 13.2. The van der Waals surface area contributed by atoms with Gasteiger partial charge in [0, 0.05) is 17.8 Å². The number of nitrogens with zero attached hydrogens (tertiary/aromatic N) is 2. The molecule has 0 saturated carbocycles. The summed E-state index contributed by atoms with van der Waals surface area (Å²) in [5, 5.41) is 9.49. The number of rotatable bonds is 4. The summed E-state index contributed by atoms with van der Waals surface area (Å²) >= 11 is 0. The smallest absolute Gasteiger partial charge is 0.308 e. The Kier molecular flexibility index (Phi) is 4.74. The van der Waals surface area contributed by atoms with E-state index in [1.807, 2.05) is 37.3 Å². The normalized spacial score (nSPS) is 10.5. The van der Waals surface area contributed by atoms with E-state index < -0.39 is 17.7 Å². The minimum absolute atomic E-state index is 0.155. The molecule has 0 radical (unpaired) electrons. The van der Waals surface area contributed by atoms with Crippen LogP contribution in [-0.4, -0.2) is 15.8 Å². The van der Waals surface area contributed by atoms with Crippen LogP contribution >= 0.6 is 0 Å². The highest BCUT2D eigenvalue weighted by Crippen LogP contribution is 2.16. The van der Waals surface area contributed by atoms with Gasteiger partial charge in [-0.15, -0.1) is 0 Å². The van der Waals surface area contributed by atoms with Gasteiger partial charge in [0.25, 0.3) is 0 Å². The number of halogens is 2. The van der Waals surface area contributed by atoms with Crippen LogP contribution in [0.15, 0.2) is 54.6 Å². The molecular formula is C18H16F2N4O. The third-order valence-corrected chi connectivity index (χ3v) is 3.50. The van der Waals surface area contributed by atoms with Gasteiger partial charge < -0.3 is 5.32 Å². The molecule has 0 saturated heterocycles. The largest absolute Gasteiger partial charge is 0.324 e. The number of nitrogens with one attached hydrogen (secondary N) is 2. The molecule has 25 heavy (non-hydrogen) atoms. The Morgan fingerprint density at radius 3 is 2.52 bits per heavy atom. The fraction of sp³-hybridized carbons (Fsp3) is 0.111. The lowest BCUT2D eigenvalue weighted by Crippen LogP contribution is -2.22. The van der Waals surface area contributed by atoms with Crippen LogP contribution in [0.1, 0.15) is 11.3 Å². The summed E-state index contributed by atoms with van der Waals surface area (Å²) in [6, 6.07) is 14.0. The molecule has 0 atom stereocenters. The van der Waals surface area contributed by atoms with Crippen LogP contribution in [0.2, 0.25) is 0 Å². The van der Waals surface area contributed by atoms with Crippen molar-refractivity contribution in [2.75, 3.05) is 10.6 Å². The predicted molar refractivity (Wildman–Crippen MR) is 91.5 cm³/mol. The van der Waals surface area contributed by atoms with Crippen molar-refractivity contribution in [3.8, 4) is 0 Å². The van der Waals surface area contributed by atoms with E-state index in [1.165, 1.54) is 6.07 Å². The summed E-state index contributed by atoms with van der Waals surface area (Å²) in [6.45, 7) is 2.31. The summed E-state index contributed by atoms with van der Waals surface area (Å²) in [6.07, 6.45) is 0. The molecule has 0 aliphatic carbocycles. The van der Waals surface area contributed by atoms with E-state index in [0.29, 0.717) is 12.4 Å². The Balaban J connectivity index is 1.71. The van der Waals surface area contributed by atoms with E-state index in [-0.39, 0.29) is 5.69 Å². The first-order chi connectivity index (χ1) is 12.0. The second-order valence-corrected chi connectivity index (χ2v) is 5.52. The number of aromatic nitrogens is 2. The third-order valence-electron chi connectivity index (χ3n) is 3.50. The van der Waals surface area contributed by atoms with E-state index >= 15 is 0 Å². The van der Waals surface area contributed by atoms with Gasteiger partial charge in [0.2, 0.25) is 0 Å². The van der Waals surface area contributed by atoms with Gasteiger partial charge in [0.05, 0.1) is 12.2 Å². The van der Waals surface area contributed by atoms with Crippen LogP contribution in [0.3, 0.4) is 0 Å². The first-order valence-corrected chi connectivity index (χ1v) is 7.63. The molecule has 0 aliphatic rings. The molecule has 5 nitrogen and oxygen atoms in total. The van der Waals surface area contributed by atoms with Crippen LogP contribution in [0, 0.1) is 18.6 Å². The lowest BCUT2D eigenvalue weighted by atomic mass is 10.2. The lowest BCUT2D eigenvalue weighted by molar-refractivity contribution is 0.262. The maximum absolute atomic E-state index is 13.2. The summed E-state index contributed by atoms with van der Waals surface area (Å²) < 4.78 is 27.8. The molecule has 2 aromatic carbocycles. The number of benzene rings is 2. The van der Waals surface area contributed by atoms with Crippen molar-refractivity contribution in [1.29, 1.82) is 0 Å². The molecule has 2 amide bonds. The van der Waals surface area contributed by atoms with Gasteiger partial charge in [0.15, 0.2) is 11.6 Å². The highest BCUT2D eigenvalue weighted by molar-refractivity contribution is 5.99. The van der Waals surface area contributed by atoms with Crippen LogP contribution in [-0.2, 0) is 6.54 Å². The van der Waals surface area contributed by atoms with Crippen molar-refractivity contribution in [1.82, 2.24) is 9.78 Å². The average Bonchev–Trinajstić information content (AvgIpc) is 2.91. The fourth-order valence-electron chi connectivity index (χ4n) is 2.38. The Morgan fingerprint density at radius 2 is 1.80 bits per heavy atom. The molecule has 3 aromatic rings. The van der Waals surface area contributed by atoms with Gasteiger partial charge >= 0.3 is 6.03 Å². The summed E-state index contributed by atoms with van der Waals surface area (Å²) in [4.78, 5) is 12.1. The first-order valence-electron chi connectivity index (χ1n) is 7.63. The number of urea groups is 1. The average molecular weight is 342 g/mol. The predicted octanol–water partition coefficient (Wildman–Crippen LogP) is 4.16.